The molecule has 5 aromatic rings. The summed E-state index contributed by atoms with van der Waals surface area (Å²) in [6, 6.07) is 12.5. The van der Waals surface area contributed by atoms with Gasteiger partial charge in [0.25, 0.3) is 5.56 Å². The number of nitriles is 1. The van der Waals surface area contributed by atoms with E-state index in [9.17, 15) is 28.0 Å². The first kappa shape index (κ1) is 32.9. The number of aliphatic carboxylic acids is 1. The number of piperidine rings is 1. The van der Waals surface area contributed by atoms with Crippen molar-refractivity contribution in [1.82, 2.24) is 24.0 Å². The lowest BCUT2D eigenvalue weighted by molar-refractivity contribution is -0.192. The third kappa shape index (κ3) is 6.57. The van der Waals surface area contributed by atoms with Crippen LogP contribution in [0.1, 0.15) is 23.3 Å². The van der Waals surface area contributed by atoms with E-state index in [0.29, 0.717) is 17.1 Å². The van der Waals surface area contributed by atoms with E-state index in [0.717, 1.165) is 63.1 Å². The van der Waals surface area contributed by atoms with Crippen molar-refractivity contribution < 1.29 is 23.1 Å². The second-order valence-corrected chi connectivity index (χ2v) is 12.7. The third-order valence-corrected chi connectivity index (χ3v) is 9.27. The van der Waals surface area contributed by atoms with Crippen molar-refractivity contribution in [2.24, 2.45) is 12.5 Å². The molecule has 5 heterocycles. The maximum atomic E-state index is 12.8. The maximum Gasteiger partial charge on any atom is 0.490 e. The van der Waals surface area contributed by atoms with Crippen molar-refractivity contribution in [1.29, 1.82) is 5.26 Å². The molecule has 1 saturated heterocycles. The summed E-state index contributed by atoms with van der Waals surface area (Å²) in [6.45, 7) is 4.16. The number of aromatic nitrogens is 4. The van der Waals surface area contributed by atoms with Gasteiger partial charge in [-0.1, -0.05) is 11.6 Å². The van der Waals surface area contributed by atoms with Crippen LogP contribution in [-0.2, 0) is 24.9 Å². The van der Waals surface area contributed by atoms with E-state index in [2.05, 4.69) is 27.0 Å². The number of carboxylic acids is 1. The summed E-state index contributed by atoms with van der Waals surface area (Å²) in [7, 11) is 1.65. The van der Waals surface area contributed by atoms with Crippen LogP contribution in [0, 0.1) is 23.7 Å². The molecular weight excluding hydrogens is 645 g/mol. The van der Waals surface area contributed by atoms with Crippen LogP contribution >= 0.6 is 22.9 Å². The molecule has 6 rings (SSSR count). The van der Waals surface area contributed by atoms with Crippen LogP contribution in [0.4, 0.5) is 13.2 Å². The number of thiophene rings is 1. The molecule has 0 aliphatic carbocycles. The normalized spacial score (nSPS) is 14.5. The summed E-state index contributed by atoms with van der Waals surface area (Å²) >= 11 is 8.12. The van der Waals surface area contributed by atoms with Crippen molar-refractivity contribution in [3.8, 4) is 17.2 Å². The van der Waals surface area contributed by atoms with Gasteiger partial charge in [-0.05, 0) is 63.2 Å². The molecule has 2 N–H and O–H groups in total. The molecule has 0 radical (unpaired) electrons. The van der Waals surface area contributed by atoms with Gasteiger partial charge in [0.1, 0.15) is 0 Å². The number of aryl methyl sites for hydroxylation is 2. The lowest BCUT2D eigenvalue weighted by atomic mass is 9.80. The minimum atomic E-state index is -5.08. The number of carbonyl (C=O) groups is 1. The van der Waals surface area contributed by atoms with Gasteiger partial charge in [-0.3, -0.25) is 14.3 Å². The second kappa shape index (κ2) is 12.7. The monoisotopic (exact) mass is 672 g/mol. The predicted molar refractivity (Wildman–Crippen MR) is 169 cm³/mol. The smallest absolute Gasteiger partial charge is 0.475 e. The maximum absolute atomic E-state index is 12.8. The van der Waals surface area contributed by atoms with Crippen molar-refractivity contribution in [3.63, 3.8) is 0 Å². The van der Waals surface area contributed by atoms with Crippen molar-refractivity contribution >= 4 is 50.0 Å². The van der Waals surface area contributed by atoms with Gasteiger partial charge < -0.3 is 19.6 Å². The lowest BCUT2D eigenvalue weighted by Gasteiger charge is -2.32. The Balaban J connectivity index is 0.000000537. The molecule has 1 aliphatic heterocycles. The van der Waals surface area contributed by atoms with Crippen LogP contribution in [0.3, 0.4) is 0 Å². The third-order valence-electron chi connectivity index (χ3n) is 7.91. The number of benzene rings is 1. The Morgan fingerprint density at radius 1 is 1.20 bits per heavy atom. The van der Waals surface area contributed by atoms with E-state index >= 15 is 0 Å². The van der Waals surface area contributed by atoms with Crippen LogP contribution < -0.4 is 16.6 Å². The van der Waals surface area contributed by atoms with Gasteiger partial charge >= 0.3 is 17.8 Å². The zero-order valence-corrected chi connectivity index (χ0v) is 26.3. The van der Waals surface area contributed by atoms with Gasteiger partial charge in [-0.2, -0.15) is 18.4 Å². The van der Waals surface area contributed by atoms with Gasteiger partial charge in [-0.15, -0.1) is 11.3 Å². The van der Waals surface area contributed by atoms with Crippen molar-refractivity contribution in [2.45, 2.75) is 39.0 Å². The molecule has 15 heteroatoms. The average Bonchev–Trinajstić information content (AvgIpc) is 3.61. The highest BCUT2D eigenvalue weighted by Crippen LogP contribution is 2.40. The average molecular weight is 673 g/mol. The Labute approximate surface area is 268 Å². The summed E-state index contributed by atoms with van der Waals surface area (Å²) in [5.41, 5.74) is 3.21. The highest BCUT2D eigenvalue weighted by Gasteiger charge is 2.38. The van der Waals surface area contributed by atoms with Crippen LogP contribution in [-0.4, -0.2) is 49.0 Å². The molecule has 1 aliphatic rings. The van der Waals surface area contributed by atoms with E-state index < -0.39 is 17.6 Å². The summed E-state index contributed by atoms with van der Waals surface area (Å²) in [5.74, 6) is -2.76. The molecule has 240 valence electrons. The highest BCUT2D eigenvalue weighted by atomic mass is 35.5. The molecule has 46 heavy (non-hydrogen) atoms. The first-order valence-electron chi connectivity index (χ1n) is 14.1. The number of fused-ring (bicyclic) bond motifs is 2. The first-order chi connectivity index (χ1) is 21.7. The molecule has 0 bridgehead atoms. The van der Waals surface area contributed by atoms with Gasteiger partial charge in [0.2, 0.25) is 0 Å². The summed E-state index contributed by atoms with van der Waals surface area (Å²) in [5, 5.41) is 22.2. The van der Waals surface area contributed by atoms with Crippen LogP contribution in [0.25, 0.3) is 32.2 Å². The fraction of sp³-hybridized carbons (Fsp3) is 0.323. The molecule has 4 aromatic heterocycles. The second-order valence-electron chi connectivity index (χ2n) is 11.2. The summed E-state index contributed by atoms with van der Waals surface area (Å²) in [6.07, 6.45) is 1.90. The van der Waals surface area contributed by atoms with Crippen LogP contribution in [0.2, 0.25) is 5.02 Å². The molecule has 0 amide bonds. The number of pyridine rings is 1. The fourth-order valence-electron chi connectivity index (χ4n) is 5.65. The predicted octanol–water partition coefficient (Wildman–Crippen LogP) is 5.32. The quantitative estimate of drug-likeness (QED) is 0.258. The topological polar surface area (TPSA) is 135 Å². The molecule has 0 atom stereocenters. The van der Waals surface area contributed by atoms with Gasteiger partial charge in [0, 0.05) is 64.2 Å². The Morgan fingerprint density at radius 2 is 1.89 bits per heavy atom. The van der Waals surface area contributed by atoms with E-state index in [1.165, 1.54) is 20.5 Å². The minimum Gasteiger partial charge on any atom is -0.475 e. The van der Waals surface area contributed by atoms with Crippen molar-refractivity contribution in [3.05, 3.63) is 85.2 Å². The Hall–Kier alpha value is -4.45. The molecule has 0 spiro atoms. The summed E-state index contributed by atoms with van der Waals surface area (Å²) < 4.78 is 37.6. The van der Waals surface area contributed by atoms with E-state index in [4.69, 9.17) is 21.5 Å². The van der Waals surface area contributed by atoms with Crippen molar-refractivity contribution in [2.75, 3.05) is 13.1 Å². The molecule has 0 saturated carbocycles. The molecule has 1 aromatic carbocycles. The number of hydrogen-bond donors (Lipinski definition) is 2. The Morgan fingerprint density at radius 3 is 2.54 bits per heavy atom. The number of nitrogens with zero attached hydrogens (tertiary/aromatic N) is 5. The lowest BCUT2D eigenvalue weighted by Crippen LogP contribution is -2.39. The zero-order chi connectivity index (χ0) is 33.4. The van der Waals surface area contributed by atoms with Crippen LogP contribution in [0.15, 0.2) is 58.5 Å². The highest BCUT2D eigenvalue weighted by molar-refractivity contribution is 7.19. The SMILES string of the molecule is Cc1cn(C)c(=O)n(Cc2cc3nccc(-c4cc(Cl)cc5ccn(CC6(C#N)CCNCC6)c45)c3s2)c1=O.O=C(O)C(F)(F)F. The Kier molecular flexibility index (Phi) is 9.12. The molecule has 0 unspecified atom stereocenters. The number of carboxylic acid groups (broad SMARTS) is 1. The van der Waals surface area contributed by atoms with E-state index in [1.807, 2.05) is 30.5 Å². The molecule has 10 nitrogen and oxygen atoms in total. The largest absolute Gasteiger partial charge is 0.490 e. The standard InChI is InChI=1S/C29H27ClN6O2S.C2HF3O2/c1-18-14-34(2)28(38)36(27(18)37)15-21-13-24-26(39-21)22(3-7-33-24)23-12-20(30)11-19-4-10-35(25(19)23)17-29(16-31)5-8-32-9-6-29;3-2(4,5)1(6)7/h3-4,7,10-14,32H,5-6,8-9,15,17H2,1-2H3;(H,6,7). The summed E-state index contributed by atoms with van der Waals surface area (Å²) in [4.78, 5) is 39.8. The number of rotatable bonds is 5. The number of nitrogens with one attached hydrogen (secondary N) is 1. The fourth-order valence-corrected chi connectivity index (χ4v) is 7.01. The number of alkyl halides is 3. The first-order valence-corrected chi connectivity index (χ1v) is 15.3. The number of halogens is 4. The zero-order valence-electron chi connectivity index (χ0n) is 24.7. The number of hydrogen-bond acceptors (Lipinski definition) is 7. The van der Waals surface area contributed by atoms with Gasteiger partial charge in [-0.25, -0.2) is 9.59 Å². The van der Waals surface area contributed by atoms with E-state index in [-0.39, 0.29) is 17.8 Å². The van der Waals surface area contributed by atoms with Crippen LogP contribution in [0.5, 0.6) is 0 Å². The molecule has 1 fully saturated rings. The van der Waals surface area contributed by atoms with E-state index in [1.54, 1.807) is 26.4 Å². The Bertz CT molecular complexity index is 2090. The minimum absolute atomic E-state index is 0.174. The molecular formula is C31H28ClF3N6O4S. The van der Waals surface area contributed by atoms with Gasteiger partial charge in [0.15, 0.2) is 0 Å². The van der Waals surface area contributed by atoms with Gasteiger partial charge in [0.05, 0.1) is 33.8 Å².